The molecule has 0 heterocycles. The van der Waals surface area contributed by atoms with Gasteiger partial charge in [-0.2, -0.15) is 0 Å². The summed E-state index contributed by atoms with van der Waals surface area (Å²) in [6.45, 7) is 7.38. The molecule has 0 aliphatic heterocycles. The third-order valence-corrected chi connectivity index (χ3v) is 13.9. The van der Waals surface area contributed by atoms with E-state index in [9.17, 15) is 14.7 Å². The fraction of sp³-hybridized carbons (Fsp3) is 0.407. The van der Waals surface area contributed by atoms with Crippen LogP contribution in [0.25, 0.3) is 0 Å². The van der Waals surface area contributed by atoms with E-state index in [1.54, 1.807) is 18.2 Å². The van der Waals surface area contributed by atoms with Gasteiger partial charge in [-0.25, -0.2) is 0 Å². The van der Waals surface area contributed by atoms with Gasteiger partial charge in [-0.05, 0) is 36.8 Å². The predicted octanol–water partition coefficient (Wildman–Crippen LogP) is 5.19. The molecule has 1 aromatic rings. The van der Waals surface area contributed by atoms with Crippen molar-refractivity contribution in [3.63, 3.8) is 0 Å². The van der Waals surface area contributed by atoms with Gasteiger partial charge in [-0.15, -0.1) is 0 Å². The fourth-order valence-corrected chi connectivity index (χ4v) is 9.41. The summed E-state index contributed by atoms with van der Waals surface area (Å²) in [5, 5.41) is 12.0. The Morgan fingerprint density at radius 2 is 1.84 bits per heavy atom. The molecule has 31 heavy (non-hydrogen) atoms. The number of hydrogen-bond acceptors (Lipinski definition) is 3. The number of ketones is 2. The number of aliphatic hydroxyl groups is 1. The molecule has 160 valence electrons. The molecule has 1 aromatic carbocycles. The molecule has 4 aliphatic rings. The zero-order valence-corrected chi connectivity index (χ0v) is 19.5. The summed E-state index contributed by atoms with van der Waals surface area (Å²) >= 11 is 0. The number of allylic oxidation sites excluding steroid dienone is 8. The van der Waals surface area contributed by atoms with Crippen LogP contribution in [0.1, 0.15) is 32.6 Å². The molecule has 0 bridgehead atoms. The Hall–Kier alpha value is -2.46. The molecule has 5 rings (SSSR count). The fourth-order valence-electron chi connectivity index (χ4n) is 6.27. The quantitative estimate of drug-likeness (QED) is 0.519. The third-order valence-electron chi connectivity index (χ3n) is 8.68. The van der Waals surface area contributed by atoms with Crippen molar-refractivity contribution in [1.29, 1.82) is 0 Å². The van der Waals surface area contributed by atoms with Crippen molar-refractivity contribution in [3.8, 4) is 0 Å². The standard InChI is InChI=1S/C27H30O3Si/c1-27(31(2,3)18-8-5-4-6-9-18)15-14-19-17(16-27)12-13-21-23(19)25(29)20-10-7-11-22(28)24(20)26(21)30/h4-12,19-20,24,28H,13-16H2,1-3H3. The van der Waals surface area contributed by atoms with Crippen molar-refractivity contribution in [2.24, 2.45) is 17.8 Å². The number of aliphatic hydroxyl groups excluding tert-OH is 1. The first kappa shape index (κ1) is 20.4. The molecule has 0 amide bonds. The summed E-state index contributed by atoms with van der Waals surface area (Å²) in [4.78, 5) is 26.7. The maximum Gasteiger partial charge on any atom is 0.171 e. The van der Waals surface area contributed by atoms with E-state index in [1.807, 2.05) is 0 Å². The highest BCUT2D eigenvalue weighted by molar-refractivity contribution is 6.92. The van der Waals surface area contributed by atoms with E-state index in [2.05, 4.69) is 56.4 Å². The maximum absolute atomic E-state index is 13.5. The summed E-state index contributed by atoms with van der Waals surface area (Å²) in [5.74, 6) is -1.17. The van der Waals surface area contributed by atoms with Crippen molar-refractivity contribution in [3.05, 3.63) is 77.1 Å². The maximum atomic E-state index is 13.5. The highest BCUT2D eigenvalue weighted by Crippen LogP contribution is 2.57. The molecule has 0 saturated heterocycles. The molecule has 4 atom stereocenters. The average molecular weight is 431 g/mol. The molecule has 1 saturated carbocycles. The Labute approximate surface area is 185 Å². The molecule has 0 spiro atoms. The van der Waals surface area contributed by atoms with Crippen LogP contribution in [0.3, 0.4) is 0 Å². The molecular weight excluding hydrogens is 400 g/mol. The van der Waals surface area contributed by atoms with E-state index in [4.69, 9.17) is 0 Å². The van der Waals surface area contributed by atoms with Gasteiger partial charge in [0, 0.05) is 17.1 Å². The lowest BCUT2D eigenvalue weighted by Gasteiger charge is -2.50. The van der Waals surface area contributed by atoms with Crippen molar-refractivity contribution >= 4 is 24.8 Å². The Bertz CT molecular complexity index is 1090. The highest BCUT2D eigenvalue weighted by atomic mass is 28.3. The van der Waals surface area contributed by atoms with Crippen LogP contribution in [0.5, 0.6) is 0 Å². The lowest BCUT2D eigenvalue weighted by atomic mass is 9.62. The monoisotopic (exact) mass is 430 g/mol. The Morgan fingerprint density at radius 3 is 2.58 bits per heavy atom. The van der Waals surface area contributed by atoms with Gasteiger partial charge >= 0.3 is 0 Å². The highest BCUT2D eigenvalue weighted by Gasteiger charge is 2.52. The minimum Gasteiger partial charge on any atom is -0.512 e. The lowest BCUT2D eigenvalue weighted by molar-refractivity contribution is -0.129. The number of rotatable bonds is 2. The van der Waals surface area contributed by atoms with Gasteiger partial charge in [0.1, 0.15) is 5.76 Å². The molecule has 0 aromatic heterocycles. The van der Waals surface area contributed by atoms with E-state index >= 15 is 0 Å². The number of benzene rings is 1. The van der Waals surface area contributed by atoms with Crippen molar-refractivity contribution < 1.29 is 14.7 Å². The zero-order chi connectivity index (χ0) is 22.0. The second kappa shape index (κ2) is 7.03. The van der Waals surface area contributed by atoms with E-state index in [0.29, 0.717) is 12.0 Å². The van der Waals surface area contributed by atoms with E-state index in [0.717, 1.165) is 24.8 Å². The van der Waals surface area contributed by atoms with Gasteiger partial charge in [-0.3, -0.25) is 9.59 Å². The second-order valence-electron chi connectivity index (χ2n) is 10.4. The molecule has 1 fully saturated rings. The van der Waals surface area contributed by atoms with Gasteiger partial charge in [0.05, 0.1) is 19.9 Å². The van der Waals surface area contributed by atoms with Crippen LogP contribution >= 0.6 is 0 Å². The minimum atomic E-state index is -1.75. The summed E-state index contributed by atoms with van der Waals surface area (Å²) in [7, 11) is -1.75. The number of fused-ring (bicyclic) bond motifs is 3. The Kier molecular flexibility index (Phi) is 4.63. The van der Waals surface area contributed by atoms with Crippen LogP contribution < -0.4 is 5.19 Å². The predicted molar refractivity (Wildman–Crippen MR) is 126 cm³/mol. The smallest absolute Gasteiger partial charge is 0.171 e. The summed E-state index contributed by atoms with van der Waals surface area (Å²) in [6.07, 6.45) is 10.8. The van der Waals surface area contributed by atoms with Crippen LogP contribution in [-0.4, -0.2) is 24.7 Å². The van der Waals surface area contributed by atoms with E-state index in [-0.39, 0.29) is 28.3 Å². The average Bonchev–Trinajstić information content (AvgIpc) is 2.77. The van der Waals surface area contributed by atoms with E-state index < -0.39 is 19.9 Å². The van der Waals surface area contributed by atoms with Crippen LogP contribution in [0.2, 0.25) is 18.1 Å². The van der Waals surface area contributed by atoms with Crippen molar-refractivity contribution in [2.45, 2.75) is 50.7 Å². The zero-order valence-electron chi connectivity index (χ0n) is 18.5. The minimum absolute atomic E-state index is 0.0269. The number of carbonyl (C=O) groups excluding carboxylic acids is 2. The van der Waals surface area contributed by atoms with Gasteiger partial charge < -0.3 is 5.11 Å². The summed E-state index contributed by atoms with van der Waals surface area (Å²) < 4.78 is 0. The molecule has 4 unspecified atom stereocenters. The normalized spacial score (nSPS) is 32.7. The van der Waals surface area contributed by atoms with Gasteiger partial charge in [0.15, 0.2) is 11.6 Å². The molecule has 3 nitrogen and oxygen atoms in total. The topological polar surface area (TPSA) is 54.4 Å². The van der Waals surface area contributed by atoms with Crippen molar-refractivity contribution in [2.75, 3.05) is 0 Å². The first-order valence-electron chi connectivity index (χ1n) is 11.4. The molecule has 4 heteroatoms. The second-order valence-corrected chi connectivity index (χ2v) is 15.4. The molecule has 4 aliphatic carbocycles. The van der Waals surface area contributed by atoms with Crippen molar-refractivity contribution in [1.82, 2.24) is 0 Å². The van der Waals surface area contributed by atoms with Gasteiger partial charge in [-0.1, -0.05) is 79.3 Å². The molecule has 0 radical (unpaired) electrons. The third kappa shape index (κ3) is 2.91. The lowest BCUT2D eigenvalue weighted by Crippen LogP contribution is -2.53. The van der Waals surface area contributed by atoms with Crippen LogP contribution in [0.4, 0.5) is 0 Å². The van der Waals surface area contributed by atoms with Crippen LogP contribution in [-0.2, 0) is 9.59 Å². The van der Waals surface area contributed by atoms with Crippen LogP contribution in [0.15, 0.2) is 77.1 Å². The molecular formula is C27H30O3Si. The summed E-state index contributed by atoms with van der Waals surface area (Å²) in [6, 6.07) is 10.9. The van der Waals surface area contributed by atoms with Gasteiger partial charge in [0.2, 0.25) is 0 Å². The van der Waals surface area contributed by atoms with Crippen LogP contribution in [0, 0.1) is 17.8 Å². The Morgan fingerprint density at radius 1 is 1.10 bits per heavy atom. The first-order chi connectivity index (χ1) is 14.7. The SMILES string of the molecule is CC1([Si](C)(C)c2ccccc2)CCC2C(=CCC3=C2C(=O)C2C=CC=C(O)C2C3=O)C1. The van der Waals surface area contributed by atoms with E-state index in [1.165, 1.54) is 10.8 Å². The molecule has 1 N–H and O–H groups in total. The Balaban J connectivity index is 1.48. The largest absolute Gasteiger partial charge is 0.512 e. The number of hydrogen-bond donors (Lipinski definition) is 1. The number of carbonyl (C=O) groups is 2. The van der Waals surface area contributed by atoms with Gasteiger partial charge in [0.25, 0.3) is 0 Å². The first-order valence-corrected chi connectivity index (χ1v) is 14.4. The summed E-state index contributed by atoms with van der Waals surface area (Å²) in [5.41, 5.74) is 2.76. The number of Topliss-reactive ketones (excluding diaryl/α,β-unsaturated/α-hetero) is 2.